The van der Waals surface area contributed by atoms with E-state index >= 15 is 0 Å². The average Bonchev–Trinajstić information content (AvgIpc) is 2.93. The van der Waals surface area contributed by atoms with Gasteiger partial charge in [-0.15, -0.1) is 0 Å². The van der Waals surface area contributed by atoms with E-state index in [0.717, 1.165) is 13.0 Å². The highest BCUT2D eigenvalue weighted by Gasteiger charge is 2.15. The number of rotatable bonds is 7. The van der Waals surface area contributed by atoms with Crippen LogP contribution in [0.3, 0.4) is 0 Å². The van der Waals surface area contributed by atoms with Gasteiger partial charge in [0, 0.05) is 12.6 Å². The Morgan fingerprint density at radius 3 is 2.90 bits per heavy atom. The number of nitrogens with zero attached hydrogens (tertiary/aromatic N) is 3. The molecule has 0 fully saturated rings. The van der Waals surface area contributed by atoms with E-state index in [1.165, 1.54) is 13.2 Å². The average molecular weight is 291 g/mol. The van der Waals surface area contributed by atoms with Crippen LogP contribution in [0.2, 0.25) is 0 Å². The third-order valence-corrected chi connectivity index (χ3v) is 2.91. The van der Waals surface area contributed by atoms with Crippen molar-refractivity contribution < 1.29 is 14.4 Å². The second-order valence-electron chi connectivity index (χ2n) is 4.49. The Labute approximate surface area is 122 Å². The van der Waals surface area contributed by atoms with Gasteiger partial charge < -0.3 is 9.47 Å². The summed E-state index contributed by atoms with van der Waals surface area (Å²) in [5.41, 5.74) is 0.631. The van der Waals surface area contributed by atoms with Crippen LogP contribution < -0.4 is 9.47 Å². The second kappa shape index (κ2) is 6.74. The van der Waals surface area contributed by atoms with E-state index in [4.69, 9.17) is 9.47 Å². The number of nitro groups is 1. The SMILES string of the molecule is CCCn1cc(OCc2ccc(OC)c([N+](=O)[O-])c2)cn1. The summed E-state index contributed by atoms with van der Waals surface area (Å²) in [5.74, 6) is 0.876. The van der Waals surface area contributed by atoms with E-state index < -0.39 is 4.92 Å². The number of hydrogen-bond acceptors (Lipinski definition) is 5. The molecule has 1 aromatic carbocycles. The Hall–Kier alpha value is -2.57. The van der Waals surface area contributed by atoms with Crippen LogP contribution in [-0.2, 0) is 13.2 Å². The van der Waals surface area contributed by atoms with Crippen LogP contribution in [0.1, 0.15) is 18.9 Å². The fraction of sp³-hybridized carbons (Fsp3) is 0.357. The molecular formula is C14H17N3O4. The lowest BCUT2D eigenvalue weighted by atomic mass is 10.2. The maximum atomic E-state index is 11.0. The van der Waals surface area contributed by atoms with Gasteiger partial charge in [-0.3, -0.25) is 14.8 Å². The molecule has 0 amide bonds. The molecule has 0 aliphatic rings. The van der Waals surface area contributed by atoms with Crippen molar-refractivity contribution in [1.82, 2.24) is 9.78 Å². The Kier molecular flexibility index (Phi) is 4.76. The molecule has 7 heteroatoms. The van der Waals surface area contributed by atoms with E-state index in [1.807, 2.05) is 0 Å². The zero-order valence-corrected chi connectivity index (χ0v) is 12.0. The molecule has 2 rings (SSSR count). The first-order valence-corrected chi connectivity index (χ1v) is 6.60. The maximum Gasteiger partial charge on any atom is 0.311 e. The monoisotopic (exact) mass is 291 g/mol. The summed E-state index contributed by atoms with van der Waals surface area (Å²) in [4.78, 5) is 10.5. The lowest BCUT2D eigenvalue weighted by Crippen LogP contribution is -1.99. The number of aryl methyl sites for hydroxylation is 1. The van der Waals surface area contributed by atoms with Crippen molar-refractivity contribution >= 4 is 5.69 Å². The Morgan fingerprint density at radius 1 is 1.43 bits per heavy atom. The largest absolute Gasteiger partial charge is 0.490 e. The van der Waals surface area contributed by atoms with E-state index in [-0.39, 0.29) is 18.0 Å². The Bertz CT molecular complexity index is 624. The number of methoxy groups -OCH3 is 1. The topological polar surface area (TPSA) is 79.4 Å². The predicted molar refractivity (Wildman–Crippen MR) is 76.5 cm³/mol. The van der Waals surface area contributed by atoms with Gasteiger partial charge in [-0.2, -0.15) is 5.10 Å². The molecule has 21 heavy (non-hydrogen) atoms. The van der Waals surface area contributed by atoms with Crippen molar-refractivity contribution in [2.45, 2.75) is 26.5 Å². The minimum atomic E-state index is -0.471. The van der Waals surface area contributed by atoms with Crippen LogP contribution in [0, 0.1) is 10.1 Å². The first kappa shape index (κ1) is 14.8. The molecule has 0 spiro atoms. The van der Waals surface area contributed by atoms with Gasteiger partial charge >= 0.3 is 5.69 Å². The molecule has 0 atom stereocenters. The summed E-state index contributed by atoms with van der Waals surface area (Å²) < 4.78 is 12.3. The molecule has 0 unspecified atom stereocenters. The maximum absolute atomic E-state index is 11.0. The quantitative estimate of drug-likeness (QED) is 0.579. The van der Waals surface area contributed by atoms with Gasteiger partial charge in [-0.25, -0.2) is 0 Å². The van der Waals surface area contributed by atoms with E-state index in [0.29, 0.717) is 11.3 Å². The summed E-state index contributed by atoms with van der Waals surface area (Å²) >= 11 is 0. The van der Waals surface area contributed by atoms with E-state index in [2.05, 4.69) is 12.0 Å². The molecule has 2 aromatic rings. The van der Waals surface area contributed by atoms with Crippen LogP contribution >= 0.6 is 0 Å². The third kappa shape index (κ3) is 3.71. The molecule has 0 N–H and O–H groups in total. The normalized spacial score (nSPS) is 10.4. The van der Waals surface area contributed by atoms with E-state index in [9.17, 15) is 10.1 Å². The van der Waals surface area contributed by atoms with Crippen molar-refractivity contribution in [1.29, 1.82) is 0 Å². The lowest BCUT2D eigenvalue weighted by Gasteiger charge is -2.06. The van der Waals surface area contributed by atoms with Crippen LogP contribution in [0.25, 0.3) is 0 Å². The summed E-state index contributed by atoms with van der Waals surface area (Å²) in [5, 5.41) is 15.1. The fourth-order valence-corrected chi connectivity index (χ4v) is 1.91. The molecule has 0 aliphatic heterocycles. The van der Waals surface area contributed by atoms with Gasteiger partial charge in [0.2, 0.25) is 0 Å². The molecule has 0 saturated heterocycles. The van der Waals surface area contributed by atoms with E-state index in [1.54, 1.807) is 29.2 Å². The van der Waals surface area contributed by atoms with Gasteiger partial charge in [0.25, 0.3) is 0 Å². The number of aromatic nitrogens is 2. The van der Waals surface area contributed by atoms with Crippen molar-refractivity contribution in [2.75, 3.05) is 7.11 Å². The minimum absolute atomic E-state index is 0.0692. The second-order valence-corrected chi connectivity index (χ2v) is 4.49. The first-order valence-electron chi connectivity index (χ1n) is 6.60. The van der Waals surface area contributed by atoms with Crippen molar-refractivity contribution in [3.8, 4) is 11.5 Å². The summed E-state index contributed by atoms with van der Waals surface area (Å²) in [6.07, 6.45) is 4.43. The summed E-state index contributed by atoms with van der Waals surface area (Å²) in [7, 11) is 1.40. The van der Waals surface area contributed by atoms with Gasteiger partial charge in [0.15, 0.2) is 11.5 Å². The standard InChI is InChI=1S/C14H17N3O4/c1-3-6-16-9-12(8-15-16)21-10-11-4-5-14(20-2)13(7-11)17(18)19/h4-5,7-9H,3,6,10H2,1-2H3. The van der Waals surface area contributed by atoms with Crippen molar-refractivity contribution in [3.05, 3.63) is 46.3 Å². The van der Waals surface area contributed by atoms with Gasteiger partial charge in [-0.1, -0.05) is 13.0 Å². The van der Waals surface area contributed by atoms with Gasteiger partial charge in [0.05, 0.1) is 24.4 Å². The highest BCUT2D eigenvalue weighted by Crippen LogP contribution is 2.27. The van der Waals surface area contributed by atoms with Crippen LogP contribution in [-0.4, -0.2) is 21.8 Å². The molecule has 112 valence electrons. The first-order chi connectivity index (χ1) is 10.1. The van der Waals surface area contributed by atoms with Crippen molar-refractivity contribution in [3.63, 3.8) is 0 Å². The molecule has 0 radical (unpaired) electrons. The molecule has 0 aliphatic carbocycles. The zero-order chi connectivity index (χ0) is 15.2. The fourth-order valence-electron chi connectivity index (χ4n) is 1.91. The third-order valence-electron chi connectivity index (χ3n) is 2.91. The highest BCUT2D eigenvalue weighted by molar-refractivity contribution is 5.48. The molecule has 1 aromatic heterocycles. The smallest absolute Gasteiger partial charge is 0.311 e. The number of nitro benzene ring substituents is 1. The molecule has 1 heterocycles. The Balaban J connectivity index is 2.05. The number of hydrogen-bond donors (Lipinski definition) is 0. The molecule has 0 bridgehead atoms. The van der Waals surface area contributed by atoms with Crippen molar-refractivity contribution in [2.24, 2.45) is 0 Å². The van der Waals surface area contributed by atoms with Crippen LogP contribution in [0.4, 0.5) is 5.69 Å². The Morgan fingerprint density at radius 2 is 2.24 bits per heavy atom. The van der Waals surface area contributed by atoms with Gasteiger partial charge in [0.1, 0.15) is 6.61 Å². The molecule has 0 saturated carbocycles. The van der Waals surface area contributed by atoms with Crippen LogP contribution in [0.5, 0.6) is 11.5 Å². The number of benzene rings is 1. The minimum Gasteiger partial charge on any atom is -0.490 e. The molecular weight excluding hydrogens is 274 g/mol. The summed E-state index contributed by atoms with van der Waals surface area (Å²) in [6.45, 7) is 3.14. The van der Waals surface area contributed by atoms with Crippen LogP contribution in [0.15, 0.2) is 30.6 Å². The zero-order valence-electron chi connectivity index (χ0n) is 12.0. The lowest BCUT2D eigenvalue weighted by molar-refractivity contribution is -0.385. The predicted octanol–water partition coefficient (Wildman–Crippen LogP) is 2.79. The van der Waals surface area contributed by atoms with Gasteiger partial charge in [-0.05, 0) is 18.1 Å². The molecule has 7 nitrogen and oxygen atoms in total. The summed E-state index contributed by atoms with van der Waals surface area (Å²) in [6, 6.07) is 4.76. The highest BCUT2D eigenvalue weighted by atomic mass is 16.6. The number of ether oxygens (including phenoxy) is 2.